The average Bonchev–Trinajstić information content (AvgIpc) is 2.70. The first kappa shape index (κ1) is 18.3. The average molecular weight is 396 g/mol. The predicted molar refractivity (Wildman–Crippen MR) is 109 cm³/mol. The molecule has 0 aromatic heterocycles. The van der Waals surface area contributed by atoms with Crippen molar-refractivity contribution in [1.29, 1.82) is 0 Å². The van der Waals surface area contributed by atoms with Crippen molar-refractivity contribution in [3.05, 3.63) is 72.3 Å². The summed E-state index contributed by atoms with van der Waals surface area (Å²) >= 11 is 0. The zero-order valence-electron chi connectivity index (χ0n) is 15.3. The van der Waals surface area contributed by atoms with Gasteiger partial charge in [-0.15, -0.1) is 0 Å². The van der Waals surface area contributed by atoms with Crippen LogP contribution in [0.4, 0.5) is 5.69 Å². The number of para-hydroxylation sites is 2. The van der Waals surface area contributed by atoms with Crippen LogP contribution in [0, 0.1) is 0 Å². The number of nitrogens with one attached hydrogen (secondary N) is 1. The highest BCUT2D eigenvalue weighted by Crippen LogP contribution is 2.34. The Hall–Kier alpha value is -3.06. The number of sulfonamides is 1. The second-order valence-electron chi connectivity index (χ2n) is 6.77. The molecule has 3 aromatic carbocycles. The molecule has 1 aliphatic heterocycles. The number of carbonyl (C=O) groups excluding carboxylic acids is 1. The minimum absolute atomic E-state index is 0.0562. The van der Waals surface area contributed by atoms with Crippen LogP contribution < -0.4 is 14.4 Å². The largest absolute Gasteiger partial charge is 0.476 e. The van der Waals surface area contributed by atoms with Crippen LogP contribution >= 0.6 is 0 Å². The maximum atomic E-state index is 12.7. The number of carbonyl (C=O) groups is 1. The van der Waals surface area contributed by atoms with E-state index in [2.05, 4.69) is 5.32 Å². The molecule has 1 heterocycles. The summed E-state index contributed by atoms with van der Waals surface area (Å²) in [5, 5.41) is 5.08. The smallest absolute Gasteiger partial charge is 0.263 e. The van der Waals surface area contributed by atoms with Crippen LogP contribution in [0.2, 0.25) is 0 Å². The molecule has 28 heavy (non-hydrogen) atoms. The van der Waals surface area contributed by atoms with Gasteiger partial charge in [0.05, 0.1) is 18.5 Å². The lowest BCUT2D eigenvalue weighted by Gasteiger charge is -2.33. The second kappa shape index (κ2) is 7.16. The van der Waals surface area contributed by atoms with Crippen molar-refractivity contribution in [2.75, 3.05) is 17.1 Å². The number of hydrogen-bond donors (Lipinski definition) is 1. The summed E-state index contributed by atoms with van der Waals surface area (Å²) in [6.07, 6.45) is 0.212. The number of rotatable bonds is 4. The number of benzene rings is 3. The van der Waals surface area contributed by atoms with Crippen LogP contribution in [-0.4, -0.2) is 33.2 Å². The lowest BCUT2D eigenvalue weighted by molar-refractivity contribution is -0.127. The minimum Gasteiger partial charge on any atom is -0.476 e. The monoisotopic (exact) mass is 396 g/mol. The van der Waals surface area contributed by atoms with Gasteiger partial charge in [-0.05, 0) is 34.5 Å². The third kappa shape index (κ3) is 3.66. The molecule has 0 saturated heterocycles. The van der Waals surface area contributed by atoms with E-state index in [1.165, 1.54) is 4.31 Å². The van der Waals surface area contributed by atoms with E-state index in [9.17, 15) is 13.2 Å². The van der Waals surface area contributed by atoms with Crippen molar-refractivity contribution >= 4 is 32.4 Å². The molecule has 1 aliphatic rings. The van der Waals surface area contributed by atoms with Crippen LogP contribution in [0.15, 0.2) is 66.7 Å². The summed E-state index contributed by atoms with van der Waals surface area (Å²) in [5.74, 6) is 0.0290. The normalized spacial score (nSPS) is 16.3. The van der Waals surface area contributed by atoms with Crippen molar-refractivity contribution in [2.24, 2.45) is 0 Å². The Bertz CT molecular complexity index is 1140. The molecule has 0 aliphatic carbocycles. The van der Waals surface area contributed by atoms with Crippen LogP contribution in [0.3, 0.4) is 0 Å². The molecule has 1 amide bonds. The molecule has 3 aromatic rings. The fourth-order valence-electron chi connectivity index (χ4n) is 3.30. The van der Waals surface area contributed by atoms with Crippen molar-refractivity contribution in [1.82, 2.24) is 5.32 Å². The molecule has 1 N–H and O–H groups in total. The zero-order valence-corrected chi connectivity index (χ0v) is 16.1. The van der Waals surface area contributed by atoms with Crippen molar-refractivity contribution in [3.8, 4) is 5.75 Å². The van der Waals surface area contributed by atoms with E-state index in [1.54, 1.807) is 24.3 Å². The van der Waals surface area contributed by atoms with Crippen LogP contribution in [0.5, 0.6) is 5.75 Å². The van der Waals surface area contributed by atoms with E-state index in [0.717, 1.165) is 22.6 Å². The van der Waals surface area contributed by atoms with Crippen molar-refractivity contribution < 1.29 is 17.9 Å². The van der Waals surface area contributed by atoms with Gasteiger partial charge in [-0.2, -0.15) is 0 Å². The molecular weight excluding hydrogens is 376 g/mol. The van der Waals surface area contributed by atoms with Gasteiger partial charge in [0.25, 0.3) is 5.91 Å². The number of anilines is 1. The van der Waals surface area contributed by atoms with Crippen LogP contribution in [0.1, 0.15) is 5.56 Å². The molecule has 4 rings (SSSR count). The Morgan fingerprint density at radius 2 is 1.79 bits per heavy atom. The topological polar surface area (TPSA) is 75.7 Å². The Kier molecular flexibility index (Phi) is 4.68. The highest BCUT2D eigenvalue weighted by atomic mass is 32.2. The molecule has 0 spiro atoms. The lowest BCUT2D eigenvalue weighted by atomic mass is 10.1. The maximum absolute atomic E-state index is 12.7. The highest BCUT2D eigenvalue weighted by molar-refractivity contribution is 7.92. The molecule has 0 fully saturated rings. The summed E-state index contributed by atoms with van der Waals surface area (Å²) < 4.78 is 31.3. The van der Waals surface area contributed by atoms with E-state index in [0.29, 0.717) is 18.0 Å². The summed E-state index contributed by atoms with van der Waals surface area (Å²) in [4.78, 5) is 12.7. The third-order valence-corrected chi connectivity index (χ3v) is 5.85. The number of ether oxygens (including phenoxy) is 1. The Labute approximate surface area is 163 Å². The Morgan fingerprint density at radius 3 is 2.57 bits per heavy atom. The summed E-state index contributed by atoms with van der Waals surface area (Å²) in [6, 6.07) is 20.8. The van der Waals surface area contributed by atoms with E-state index < -0.39 is 16.1 Å². The van der Waals surface area contributed by atoms with Gasteiger partial charge in [-0.1, -0.05) is 48.5 Å². The van der Waals surface area contributed by atoms with Gasteiger partial charge in [-0.3, -0.25) is 9.10 Å². The fourth-order valence-corrected chi connectivity index (χ4v) is 4.22. The van der Waals surface area contributed by atoms with Crippen molar-refractivity contribution in [2.45, 2.75) is 12.6 Å². The molecule has 144 valence electrons. The van der Waals surface area contributed by atoms with E-state index in [1.807, 2.05) is 42.5 Å². The highest BCUT2D eigenvalue weighted by Gasteiger charge is 2.34. The van der Waals surface area contributed by atoms with Gasteiger partial charge in [0.1, 0.15) is 5.75 Å². The number of amides is 1. The lowest BCUT2D eigenvalue weighted by Crippen LogP contribution is -2.50. The first-order valence-electron chi connectivity index (χ1n) is 8.90. The van der Waals surface area contributed by atoms with E-state index >= 15 is 0 Å². The summed E-state index contributed by atoms with van der Waals surface area (Å²) in [6.45, 7) is 0.281. The van der Waals surface area contributed by atoms with Crippen LogP contribution in [0.25, 0.3) is 10.8 Å². The zero-order chi connectivity index (χ0) is 19.7. The predicted octanol–water partition coefficient (Wildman–Crippen LogP) is 2.68. The Balaban J connectivity index is 1.50. The number of hydrogen-bond acceptors (Lipinski definition) is 4. The number of nitrogens with zero attached hydrogens (tertiary/aromatic N) is 1. The summed E-state index contributed by atoms with van der Waals surface area (Å²) in [5.41, 5.74) is 1.41. The summed E-state index contributed by atoms with van der Waals surface area (Å²) in [7, 11) is -3.52. The minimum atomic E-state index is -3.52. The Morgan fingerprint density at radius 1 is 1.07 bits per heavy atom. The van der Waals surface area contributed by atoms with Gasteiger partial charge < -0.3 is 10.1 Å². The van der Waals surface area contributed by atoms with E-state index in [4.69, 9.17) is 4.74 Å². The van der Waals surface area contributed by atoms with Gasteiger partial charge in [-0.25, -0.2) is 8.42 Å². The van der Waals surface area contributed by atoms with Crippen LogP contribution in [-0.2, 0) is 21.4 Å². The molecule has 1 unspecified atom stereocenters. The standard InChI is InChI=1S/C21H20N2O4S/c1-28(25,26)23-14-20(27-19-9-5-4-8-18(19)23)21(24)22-13-15-10-11-16-6-2-3-7-17(16)12-15/h2-12,20H,13-14H2,1H3,(H,22,24). The van der Waals surface area contributed by atoms with Gasteiger partial charge in [0, 0.05) is 6.54 Å². The number of fused-ring (bicyclic) bond motifs is 2. The molecule has 7 heteroatoms. The molecule has 6 nitrogen and oxygen atoms in total. The van der Waals surface area contributed by atoms with E-state index in [-0.39, 0.29) is 12.5 Å². The molecule has 1 atom stereocenters. The first-order chi connectivity index (χ1) is 13.4. The quantitative estimate of drug-likeness (QED) is 0.736. The van der Waals surface area contributed by atoms with Gasteiger partial charge >= 0.3 is 0 Å². The van der Waals surface area contributed by atoms with Gasteiger partial charge in [0.15, 0.2) is 6.10 Å². The molecule has 0 radical (unpaired) electrons. The third-order valence-electron chi connectivity index (χ3n) is 4.71. The fraction of sp³-hybridized carbons (Fsp3) is 0.190. The SMILES string of the molecule is CS(=O)(=O)N1CC(C(=O)NCc2ccc3ccccc3c2)Oc2ccccc21. The molecule has 0 bridgehead atoms. The first-order valence-corrected chi connectivity index (χ1v) is 10.8. The maximum Gasteiger partial charge on any atom is 0.263 e. The van der Waals surface area contributed by atoms with Crippen molar-refractivity contribution in [3.63, 3.8) is 0 Å². The molecule has 0 saturated carbocycles. The molecular formula is C21H20N2O4S. The second-order valence-corrected chi connectivity index (χ2v) is 8.67. The van der Waals surface area contributed by atoms with Gasteiger partial charge in [0.2, 0.25) is 10.0 Å².